The zero-order valence-electron chi connectivity index (χ0n) is 10.0. The van der Waals surface area contributed by atoms with E-state index in [1.165, 1.54) is 24.4 Å². The van der Waals surface area contributed by atoms with Gasteiger partial charge in [-0.25, -0.2) is 9.18 Å². The lowest BCUT2D eigenvalue weighted by Gasteiger charge is -2.09. The average molecular weight is 276 g/mol. The van der Waals surface area contributed by atoms with E-state index in [9.17, 15) is 19.1 Å². The molecule has 0 aliphatic heterocycles. The third kappa shape index (κ3) is 2.72. The Kier molecular flexibility index (Phi) is 3.60. The van der Waals surface area contributed by atoms with Gasteiger partial charge < -0.3 is 15.5 Å². The van der Waals surface area contributed by atoms with Gasteiger partial charge in [-0.2, -0.15) is 0 Å². The number of carboxylic acid groups (broad SMARTS) is 1. The number of hydrogen-bond acceptors (Lipinski definition) is 4. The molecule has 3 N–H and O–H groups in total. The topological polar surface area (TPSA) is 99.5 Å². The average Bonchev–Trinajstić information content (AvgIpc) is 2.41. The molecule has 20 heavy (non-hydrogen) atoms. The van der Waals surface area contributed by atoms with Crippen LogP contribution in [0.4, 0.5) is 10.1 Å². The summed E-state index contributed by atoms with van der Waals surface area (Å²) in [6, 6.07) is 4.59. The molecule has 0 spiro atoms. The normalized spacial score (nSPS) is 10.1. The first-order valence-electron chi connectivity index (χ1n) is 5.46. The number of phenols is 1. The van der Waals surface area contributed by atoms with E-state index >= 15 is 0 Å². The molecule has 0 saturated carbocycles. The molecule has 0 unspecified atom stereocenters. The van der Waals surface area contributed by atoms with Gasteiger partial charge in [0.05, 0.1) is 23.0 Å². The summed E-state index contributed by atoms with van der Waals surface area (Å²) in [5.41, 5.74) is -0.603. The highest BCUT2D eigenvalue weighted by Gasteiger charge is 2.16. The number of carboxylic acids is 1. The number of carbonyl (C=O) groups is 2. The SMILES string of the molecule is O=C(Nc1ccc(O)cc1C(=O)O)c1ccncc1F. The molecule has 0 radical (unpaired) electrons. The molecule has 0 bridgehead atoms. The Balaban J connectivity index is 2.33. The molecule has 0 aliphatic rings. The molecule has 102 valence electrons. The van der Waals surface area contributed by atoms with Crippen molar-refractivity contribution in [1.29, 1.82) is 0 Å². The first-order valence-corrected chi connectivity index (χ1v) is 5.46. The van der Waals surface area contributed by atoms with Crippen molar-refractivity contribution < 1.29 is 24.2 Å². The minimum Gasteiger partial charge on any atom is -0.508 e. The number of pyridine rings is 1. The quantitative estimate of drug-likeness (QED) is 0.743. The monoisotopic (exact) mass is 276 g/mol. The largest absolute Gasteiger partial charge is 0.508 e. The molecule has 1 heterocycles. The molecule has 1 aromatic heterocycles. The van der Waals surface area contributed by atoms with Crippen molar-refractivity contribution in [2.45, 2.75) is 0 Å². The maximum atomic E-state index is 13.4. The van der Waals surface area contributed by atoms with Crippen molar-refractivity contribution in [2.24, 2.45) is 0 Å². The van der Waals surface area contributed by atoms with Gasteiger partial charge in [-0.1, -0.05) is 0 Å². The van der Waals surface area contributed by atoms with Crippen LogP contribution < -0.4 is 5.32 Å². The predicted octanol–water partition coefficient (Wildman–Crippen LogP) is 1.88. The number of aromatic nitrogens is 1. The van der Waals surface area contributed by atoms with E-state index in [4.69, 9.17) is 5.11 Å². The van der Waals surface area contributed by atoms with E-state index in [0.29, 0.717) is 0 Å². The Labute approximate surface area is 112 Å². The molecule has 1 amide bonds. The number of amides is 1. The number of rotatable bonds is 3. The number of anilines is 1. The van der Waals surface area contributed by atoms with Gasteiger partial charge in [0.1, 0.15) is 5.75 Å². The van der Waals surface area contributed by atoms with Crippen molar-refractivity contribution in [3.8, 4) is 5.75 Å². The summed E-state index contributed by atoms with van der Waals surface area (Å²) in [6.45, 7) is 0. The van der Waals surface area contributed by atoms with Gasteiger partial charge in [0.2, 0.25) is 0 Å². The Bertz CT molecular complexity index is 688. The van der Waals surface area contributed by atoms with E-state index in [-0.39, 0.29) is 22.6 Å². The number of nitrogens with zero attached hydrogens (tertiary/aromatic N) is 1. The molecule has 0 saturated heterocycles. The maximum Gasteiger partial charge on any atom is 0.337 e. The van der Waals surface area contributed by atoms with Crippen molar-refractivity contribution in [2.75, 3.05) is 5.32 Å². The number of aromatic carboxylic acids is 1. The summed E-state index contributed by atoms with van der Waals surface area (Å²) in [5.74, 6) is -3.21. The zero-order chi connectivity index (χ0) is 14.7. The fourth-order valence-corrected chi connectivity index (χ4v) is 1.57. The smallest absolute Gasteiger partial charge is 0.337 e. The Hall–Kier alpha value is -2.96. The van der Waals surface area contributed by atoms with Crippen LogP contribution in [0.3, 0.4) is 0 Å². The van der Waals surface area contributed by atoms with Gasteiger partial charge >= 0.3 is 5.97 Å². The molecular formula is C13H9FN2O4. The zero-order valence-corrected chi connectivity index (χ0v) is 10.0. The molecule has 2 rings (SSSR count). The van der Waals surface area contributed by atoms with Crippen LogP contribution in [0.15, 0.2) is 36.7 Å². The van der Waals surface area contributed by atoms with Crippen LogP contribution in [0.1, 0.15) is 20.7 Å². The van der Waals surface area contributed by atoms with E-state index < -0.39 is 17.7 Å². The van der Waals surface area contributed by atoms with Crippen LogP contribution in [-0.2, 0) is 0 Å². The third-order valence-electron chi connectivity index (χ3n) is 2.50. The first-order chi connectivity index (χ1) is 9.49. The van der Waals surface area contributed by atoms with Crippen molar-refractivity contribution >= 4 is 17.6 Å². The number of aromatic hydroxyl groups is 1. The number of phenolic OH excluding ortho intramolecular Hbond substituents is 1. The van der Waals surface area contributed by atoms with Gasteiger partial charge in [0.25, 0.3) is 5.91 Å². The summed E-state index contributed by atoms with van der Waals surface area (Å²) in [7, 11) is 0. The van der Waals surface area contributed by atoms with E-state index in [2.05, 4.69) is 10.3 Å². The van der Waals surface area contributed by atoms with Crippen LogP contribution in [-0.4, -0.2) is 27.1 Å². The van der Waals surface area contributed by atoms with Crippen molar-refractivity contribution in [3.63, 3.8) is 0 Å². The lowest BCUT2D eigenvalue weighted by molar-refractivity contribution is 0.0697. The fraction of sp³-hybridized carbons (Fsp3) is 0. The van der Waals surface area contributed by atoms with Gasteiger partial charge in [-0.05, 0) is 24.3 Å². The second kappa shape index (κ2) is 5.35. The lowest BCUT2D eigenvalue weighted by Crippen LogP contribution is -2.16. The third-order valence-corrected chi connectivity index (χ3v) is 2.50. The second-order valence-electron chi connectivity index (χ2n) is 3.84. The molecule has 6 nitrogen and oxygen atoms in total. The van der Waals surface area contributed by atoms with E-state index in [0.717, 1.165) is 12.3 Å². The van der Waals surface area contributed by atoms with Crippen LogP contribution in [0, 0.1) is 5.82 Å². The highest BCUT2D eigenvalue weighted by molar-refractivity contribution is 6.07. The van der Waals surface area contributed by atoms with Crippen molar-refractivity contribution in [1.82, 2.24) is 4.98 Å². The fourth-order valence-electron chi connectivity index (χ4n) is 1.57. The standard InChI is InChI=1S/C13H9FN2O4/c14-10-6-15-4-3-8(10)12(18)16-11-2-1-7(17)5-9(11)13(19)20/h1-6,17H,(H,16,18)(H,19,20). The molecule has 0 atom stereocenters. The Morgan fingerprint density at radius 1 is 1.20 bits per heavy atom. The minimum atomic E-state index is -1.33. The number of hydrogen-bond donors (Lipinski definition) is 3. The summed E-state index contributed by atoms with van der Waals surface area (Å²) in [6.07, 6.45) is 2.12. The van der Waals surface area contributed by atoms with Gasteiger partial charge in [-0.3, -0.25) is 9.78 Å². The van der Waals surface area contributed by atoms with Crippen LogP contribution >= 0.6 is 0 Å². The first kappa shape index (κ1) is 13.5. The van der Waals surface area contributed by atoms with Gasteiger partial charge in [0.15, 0.2) is 5.82 Å². The highest BCUT2D eigenvalue weighted by Crippen LogP contribution is 2.22. The van der Waals surface area contributed by atoms with Gasteiger partial charge in [0, 0.05) is 6.20 Å². The molecule has 2 aromatic rings. The number of halogens is 1. The molecule has 0 aliphatic carbocycles. The van der Waals surface area contributed by atoms with E-state index in [1.54, 1.807) is 0 Å². The lowest BCUT2D eigenvalue weighted by atomic mass is 10.1. The maximum absolute atomic E-state index is 13.4. The van der Waals surface area contributed by atoms with Crippen LogP contribution in [0.5, 0.6) is 5.75 Å². The van der Waals surface area contributed by atoms with Crippen LogP contribution in [0.25, 0.3) is 0 Å². The molecule has 1 aromatic carbocycles. The number of benzene rings is 1. The Morgan fingerprint density at radius 3 is 2.60 bits per heavy atom. The summed E-state index contributed by atoms with van der Waals surface area (Å²) in [5, 5.41) is 20.5. The molecule has 7 heteroatoms. The summed E-state index contributed by atoms with van der Waals surface area (Å²) in [4.78, 5) is 26.4. The second-order valence-corrected chi connectivity index (χ2v) is 3.84. The highest BCUT2D eigenvalue weighted by atomic mass is 19.1. The summed E-state index contributed by atoms with van der Waals surface area (Å²) >= 11 is 0. The van der Waals surface area contributed by atoms with Crippen LogP contribution in [0.2, 0.25) is 0 Å². The molecule has 0 fully saturated rings. The van der Waals surface area contributed by atoms with Gasteiger partial charge in [-0.15, -0.1) is 0 Å². The van der Waals surface area contributed by atoms with E-state index in [1.807, 2.05) is 0 Å². The predicted molar refractivity (Wildman–Crippen MR) is 67.2 cm³/mol. The van der Waals surface area contributed by atoms with Crippen molar-refractivity contribution in [3.05, 3.63) is 53.6 Å². The summed E-state index contributed by atoms with van der Waals surface area (Å²) < 4.78 is 13.4. The molecular weight excluding hydrogens is 267 g/mol. The number of carbonyl (C=O) groups excluding carboxylic acids is 1. The Morgan fingerprint density at radius 2 is 1.95 bits per heavy atom. The minimum absolute atomic E-state index is 0.0449. The number of nitrogens with one attached hydrogen (secondary N) is 1.